The molecule has 1 unspecified atom stereocenters. The van der Waals surface area contributed by atoms with Gasteiger partial charge in [-0.1, -0.05) is 5.92 Å². The van der Waals surface area contributed by atoms with Gasteiger partial charge in [-0.15, -0.1) is 6.42 Å². The van der Waals surface area contributed by atoms with E-state index in [1.165, 1.54) is 0 Å². The summed E-state index contributed by atoms with van der Waals surface area (Å²) in [4.78, 5) is 6.94. The third-order valence-electron chi connectivity index (χ3n) is 2.88. The summed E-state index contributed by atoms with van der Waals surface area (Å²) in [6.45, 7) is 9.96. The van der Waals surface area contributed by atoms with Crippen LogP contribution in [0.4, 0.5) is 0 Å². The summed E-state index contributed by atoms with van der Waals surface area (Å²) in [7, 11) is 0. The molecule has 1 rings (SSSR count). The SMILES string of the molecule is C#CCNC(=NCC(C)N1CCOCC1)NCC. The number of morpholine rings is 1. The minimum absolute atomic E-state index is 0.426. The van der Waals surface area contributed by atoms with E-state index in [2.05, 4.69) is 33.4 Å². The van der Waals surface area contributed by atoms with Crippen LogP contribution in [0.2, 0.25) is 0 Å². The van der Waals surface area contributed by atoms with Gasteiger partial charge in [0.05, 0.1) is 26.3 Å². The van der Waals surface area contributed by atoms with Crippen LogP contribution in [0.5, 0.6) is 0 Å². The lowest BCUT2D eigenvalue weighted by Gasteiger charge is -2.31. The Balaban J connectivity index is 2.39. The van der Waals surface area contributed by atoms with Crippen LogP contribution in [-0.4, -0.2) is 62.8 Å². The molecule has 0 bridgehead atoms. The molecule has 1 aliphatic heterocycles. The van der Waals surface area contributed by atoms with Gasteiger partial charge in [0.25, 0.3) is 0 Å². The molecule has 5 heteroatoms. The molecular weight excluding hydrogens is 228 g/mol. The molecule has 0 aromatic rings. The monoisotopic (exact) mass is 252 g/mol. The second-order valence-electron chi connectivity index (χ2n) is 4.27. The summed E-state index contributed by atoms with van der Waals surface area (Å²) >= 11 is 0. The van der Waals surface area contributed by atoms with Crippen LogP contribution in [0.25, 0.3) is 0 Å². The summed E-state index contributed by atoms with van der Waals surface area (Å²) in [5, 5.41) is 6.26. The third kappa shape index (κ3) is 5.39. The van der Waals surface area contributed by atoms with Crippen LogP contribution in [-0.2, 0) is 4.74 Å². The smallest absolute Gasteiger partial charge is 0.192 e. The number of nitrogens with one attached hydrogen (secondary N) is 2. The Morgan fingerprint density at radius 2 is 2.17 bits per heavy atom. The number of guanidine groups is 1. The number of terminal acetylenes is 1. The number of nitrogens with zero attached hydrogens (tertiary/aromatic N) is 2. The second kappa shape index (κ2) is 8.78. The first-order valence-electron chi connectivity index (χ1n) is 6.55. The topological polar surface area (TPSA) is 48.9 Å². The van der Waals surface area contributed by atoms with Crippen LogP contribution in [0, 0.1) is 12.3 Å². The van der Waals surface area contributed by atoms with Gasteiger partial charge in [-0.05, 0) is 13.8 Å². The van der Waals surface area contributed by atoms with Gasteiger partial charge in [-0.2, -0.15) is 0 Å². The molecule has 0 saturated carbocycles. The van der Waals surface area contributed by atoms with E-state index < -0.39 is 0 Å². The van der Waals surface area contributed by atoms with E-state index in [0.717, 1.165) is 45.4 Å². The normalized spacial score (nSPS) is 19.1. The van der Waals surface area contributed by atoms with Crippen molar-refractivity contribution < 1.29 is 4.74 Å². The van der Waals surface area contributed by atoms with Gasteiger partial charge < -0.3 is 15.4 Å². The molecule has 0 amide bonds. The highest BCUT2D eigenvalue weighted by Gasteiger charge is 2.16. The van der Waals surface area contributed by atoms with Gasteiger partial charge in [0.15, 0.2) is 5.96 Å². The molecule has 0 spiro atoms. The van der Waals surface area contributed by atoms with Crippen molar-refractivity contribution in [1.29, 1.82) is 0 Å². The molecule has 0 aliphatic carbocycles. The summed E-state index contributed by atoms with van der Waals surface area (Å²) in [5.74, 6) is 3.34. The lowest BCUT2D eigenvalue weighted by atomic mass is 10.2. The number of rotatable bonds is 5. The van der Waals surface area contributed by atoms with Crippen LogP contribution < -0.4 is 10.6 Å². The Kier molecular flexibility index (Phi) is 7.23. The Hall–Kier alpha value is -1.25. The van der Waals surface area contributed by atoms with Crippen molar-refractivity contribution in [3.05, 3.63) is 0 Å². The van der Waals surface area contributed by atoms with Gasteiger partial charge in [0, 0.05) is 25.7 Å². The number of aliphatic imine (C=N–C) groups is 1. The van der Waals surface area contributed by atoms with Crippen LogP contribution in [0.3, 0.4) is 0 Å². The second-order valence-corrected chi connectivity index (χ2v) is 4.27. The van der Waals surface area contributed by atoms with E-state index in [1.807, 2.05) is 6.92 Å². The van der Waals surface area contributed by atoms with Crippen LogP contribution in [0.15, 0.2) is 4.99 Å². The first-order chi connectivity index (χ1) is 8.77. The summed E-state index contributed by atoms with van der Waals surface area (Å²) in [6.07, 6.45) is 5.23. The highest BCUT2D eigenvalue weighted by molar-refractivity contribution is 5.79. The van der Waals surface area contributed by atoms with Gasteiger partial charge >= 0.3 is 0 Å². The van der Waals surface area contributed by atoms with E-state index in [0.29, 0.717) is 12.6 Å². The molecule has 0 aromatic carbocycles. The van der Waals surface area contributed by atoms with Crippen molar-refractivity contribution in [2.75, 3.05) is 45.9 Å². The van der Waals surface area contributed by atoms with Crippen molar-refractivity contribution in [2.24, 2.45) is 4.99 Å². The summed E-state index contributed by atoms with van der Waals surface area (Å²) in [5.41, 5.74) is 0. The molecule has 102 valence electrons. The number of hydrogen-bond donors (Lipinski definition) is 2. The van der Waals surface area contributed by atoms with Crippen LogP contribution >= 0.6 is 0 Å². The van der Waals surface area contributed by atoms with E-state index in [-0.39, 0.29) is 0 Å². The molecule has 1 fully saturated rings. The minimum atomic E-state index is 0.426. The molecule has 0 aromatic heterocycles. The van der Waals surface area contributed by atoms with E-state index in [1.54, 1.807) is 0 Å². The molecule has 1 saturated heterocycles. The quantitative estimate of drug-likeness (QED) is 0.407. The maximum atomic E-state index is 5.34. The average molecular weight is 252 g/mol. The predicted molar refractivity (Wildman–Crippen MR) is 74.7 cm³/mol. The maximum absolute atomic E-state index is 5.34. The Morgan fingerprint density at radius 1 is 1.44 bits per heavy atom. The van der Waals surface area contributed by atoms with Gasteiger partial charge in [-0.25, -0.2) is 0 Å². The van der Waals surface area contributed by atoms with Crippen LogP contribution in [0.1, 0.15) is 13.8 Å². The molecule has 2 N–H and O–H groups in total. The fourth-order valence-corrected chi connectivity index (χ4v) is 1.83. The van der Waals surface area contributed by atoms with Crippen molar-refractivity contribution in [3.8, 4) is 12.3 Å². The van der Waals surface area contributed by atoms with Crippen molar-refractivity contribution in [1.82, 2.24) is 15.5 Å². The Morgan fingerprint density at radius 3 is 2.78 bits per heavy atom. The molecule has 1 aliphatic rings. The average Bonchev–Trinajstić information content (AvgIpc) is 2.42. The van der Waals surface area contributed by atoms with E-state index >= 15 is 0 Å². The lowest BCUT2D eigenvalue weighted by Crippen LogP contribution is -2.44. The largest absolute Gasteiger partial charge is 0.379 e. The molecule has 0 radical (unpaired) electrons. The predicted octanol–water partition coefficient (Wildman–Crippen LogP) is -0.105. The molecule has 1 atom stereocenters. The highest BCUT2D eigenvalue weighted by Crippen LogP contribution is 2.03. The summed E-state index contributed by atoms with van der Waals surface area (Å²) < 4.78 is 5.34. The highest BCUT2D eigenvalue weighted by atomic mass is 16.5. The zero-order chi connectivity index (χ0) is 13.2. The fourth-order valence-electron chi connectivity index (χ4n) is 1.83. The first-order valence-corrected chi connectivity index (χ1v) is 6.55. The van der Waals surface area contributed by atoms with E-state index in [4.69, 9.17) is 11.2 Å². The Labute approximate surface area is 110 Å². The molecular formula is C13H24N4O. The molecule has 5 nitrogen and oxygen atoms in total. The standard InChI is InChI=1S/C13H24N4O/c1-4-6-15-13(14-5-2)16-11-12(3)17-7-9-18-10-8-17/h1,12H,5-11H2,2-3H3,(H2,14,15,16). The minimum Gasteiger partial charge on any atom is -0.379 e. The zero-order valence-corrected chi connectivity index (χ0v) is 11.4. The molecule has 1 heterocycles. The summed E-state index contributed by atoms with van der Waals surface area (Å²) in [6, 6.07) is 0.426. The van der Waals surface area contributed by atoms with Crippen molar-refractivity contribution in [3.63, 3.8) is 0 Å². The van der Waals surface area contributed by atoms with E-state index in [9.17, 15) is 0 Å². The lowest BCUT2D eigenvalue weighted by molar-refractivity contribution is 0.0220. The van der Waals surface area contributed by atoms with Gasteiger partial charge in [0.1, 0.15) is 0 Å². The number of ether oxygens (including phenoxy) is 1. The van der Waals surface area contributed by atoms with Gasteiger partial charge in [-0.3, -0.25) is 9.89 Å². The first kappa shape index (κ1) is 14.8. The fraction of sp³-hybridized carbons (Fsp3) is 0.769. The van der Waals surface area contributed by atoms with Crippen molar-refractivity contribution in [2.45, 2.75) is 19.9 Å². The zero-order valence-electron chi connectivity index (χ0n) is 11.4. The van der Waals surface area contributed by atoms with Crippen molar-refractivity contribution >= 4 is 5.96 Å². The molecule has 18 heavy (non-hydrogen) atoms. The maximum Gasteiger partial charge on any atom is 0.192 e. The van der Waals surface area contributed by atoms with Gasteiger partial charge in [0.2, 0.25) is 0 Å². The Bertz CT molecular complexity index is 292. The number of hydrogen-bond acceptors (Lipinski definition) is 3. The third-order valence-corrected chi connectivity index (χ3v) is 2.88.